The molecular formula is C25H36N2O3. The highest BCUT2D eigenvalue weighted by atomic mass is 16.5. The molecule has 0 bridgehead atoms. The lowest BCUT2D eigenvalue weighted by Gasteiger charge is -2.30. The highest BCUT2D eigenvalue weighted by molar-refractivity contribution is 5.54. The molecule has 3 rings (SSSR count). The lowest BCUT2D eigenvalue weighted by molar-refractivity contribution is 0.217. The van der Waals surface area contributed by atoms with E-state index in [1.54, 1.807) is 14.2 Å². The van der Waals surface area contributed by atoms with Gasteiger partial charge in [0.2, 0.25) is 0 Å². The summed E-state index contributed by atoms with van der Waals surface area (Å²) in [5, 5.41) is 3.71. The van der Waals surface area contributed by atoms with Gasteiger partial charge in [-0.25, -0.2) is 0 Å². The van der Waals surface area contributed by atoms with E-state index in [9.17, 15) is 0 Å². The van der Waals surface area contributed by atoms with E-state index in [2.05, 4.69) is 62.2 Å². The van der Waals surface area contributed by atoms with Crippen LogP contribution in [0.25, 0.3) is 0 Å². The Labute approximate surface area is 181 Å². The molecule has 1 atom stereocenters. The van der Waals surface area contributed by atoms with Crippen LogP contribution < -0.4 is 19.5 Å². The summed E-state index contributed by atoms with van der Waals surface area (Å²) in [7, 11) is 3.44. The van der Waals surface area contributed by atoms with Crippen LogP contribution >= 0.6 is 0 Å². The molecule has 0 amide bonds. The van der Waals surface area contributed by atoms with Crippen LogP contribution in [0, 0.1) is 13.8 Å². The number of methoxy groups -OCH3 is 2. The largest absolute Gasteiger partial charge is 0.496 e. The van der Waals surface area contributed by atoms with E-state index >= 15 is 0 Å². The molecule has 30 heavy (non-hydrogen) atoms. The lowest BCUT2D eigenvalue weighted by Crippen LogP contribution is -2.31. The second-order valence-electron chi connectivity index (χ2n) is 7.82. The van der Waals surface area contributed by atoms with Gasteiger partial charge in [0, 0.05) is 13.1 Å². The van der Waals surface area contributed by atoms with E-state index in [1.807, 2.05) is 0 Å². The van der Waals surface area contributed by atoms with Crippen molar-refractivity contribution in [2.75, 3.05) is 47.0 Å². The van der Waals surface area contributed by atoms with Gasteiger partial charge in [-0.05, 0) is 79.4 Å². The summed E-state index contributed by atoms with van der Waals surface area (Å²) >= 11 is 0. The van der Waals surface area contributed by atoms with Gasteiger partial charge in [0.15, 0.2) is 11.5 Å². The van der Waals surface area contributed by atoms with Crippen LogP contribution in [0.5, 0.6) is 17.2 Å². The third-order valence-corrected chi connectivity index (χ3v) is 6.35. The number of nitrogens with zero attached hydrogens (tertiary/aromatic N) is 1. The standard InChI is InChI=1S/C25H36N2O3/c1-7-27(8-2)13-14-30-24-16-21-19(15-23(24)29-6)11-12-26-25(21)20-9-10-22(28-5)18(4)17(20)3/h9-10,15-16,25-26H,7-8,11-14H2,1-6H3. The molecule has 0 fully saturated rings. The number of fused-ring (bicyclic) bond motifs is 1. The topological polar surface area (TPSA) is 43.0 Å². The number of rotatable bonds is 9. The smallest absolute Gasteiger partial charge is 0.161 e. The van der Waals surface area contributed by atoms with Gasteiger partial charge in [-0.1, -0.05) is 19.9 Å². The summed E-state index contributed by atoms with van der Waals surface area (Å²) < 4.78 is 17.4. The van der Waals surface area contributed by atoms with Gasteiger partial charge in [-0.3, -0.25) is 0 Å². The van der Waals surface area contributed by atoms with Gasteiger partial charge in [0.1, 0.15) is 12.4 Å². The third-order valence-electron chi connectivity index (χ3n) is 6.35. The van der Waals surface area contributed by atoms with Gasteiger partial charge in [0.05, 0.1) is 20.3 Å². The van der Waals surface area contributed by atoms with Crippen molar-refractivity contribution in [1.29, 1.82) is 0 Å². The van der Waals surface area contributed by atoms with Gasteiger partial charge < -0.3 is 24.4 Å². The van der Waals surface area contributed by atoms with E-state index in [-0.39, 0.29) is 6.04 Å². The first kappa shape index (κ1) is 22.4. The number of nitrogens with one attached hydrogen (secondary N) is 1. The summed E-state index contributed by atoms with van der Waals surface area (Å²) in [6, 6.07) is 8.71. The Bertz CT molecular complexity index is 862. The Hall–Kier alpha value is -2.24. The predicted molar refractivity (Wildman–Crippen MR) is 122 cm³/mol. The summed E-state index contributed by atoms with van der Waals surface area (Å²) in [6.45, 7) is 13.2. The van der Waals surface area contributed by atoms with E-state index in [0.29, 0.717) is 6.61 Å². The Kier molecular flexibility index (Phi) is 7.62. The fraction of sp³-hybridized carbons (Fsp3) is 0.520. The quantitative estimate of drug-likeness (QED) is 0.666. The molecular weight excluding hydrogens is 376 g/mol. The molecule has 2 aromatic carbocycles. The molecule has 0 spiro atoms. The fourth-order valence-corrected chi connectivity index (χ4v) is 4.29. The van der Waals surface area contributed by atoms with Crippen LogP contribution in [0.2, 0.25) is 0 Å². The normalized spacial score (nSPS) is 15.8. The summed E-state index contributed by atoms with van der Waals surface area (Å²) in [6.07, 6.45) is 0.982. The minimum Gasteiger partial charge on any atom is -0.496 e. The van der Waals surface area contributed by atoms with Crippen LogP contribution in [0.1, 0.15) is 47.7 Å². The Morgan fingerprint density at radius 3 is 2.33 bits per heavy atom. The number of hydrogen-bond acceptors (Lipinski definition) is 5. The number of benzene rings is 2. The van der Waals surface area contributed by atoms with Crippen LogP contribution in [0.3, 0.4) is 0 Å². The molecule has 1 aliphatic heterocycles. The van der Waals surface area contributed by atoms with Crippen molar-refractivity contribution in [2.45, 2.75) is 40.2 Å². The zero-order valence-electron chi connectivity index (χ0n) is 19.3. The van der Waals surface area contributed by atoms with Gasteiger partial charge in [-0.15, -0.1) is 0 Å². The zero-order chi connectivity index (χ0) is 21.7. The molecule has 1 heterocycles. The average molecular weight is 413 g/mol. The molecule has 0 aliphatic carbocycles. The molecule has 0 radical (unpaired) electrons. The summed E-state index contributed by atoms with van der Waals surface area (Å²) in [4.78, 5) is 2.36. The molecule has 0 saturated carbocycles. The first-order chi connectivity index (χ1) is 14.5. The highest BCUT2D eigenvalue weighted by Crippen LogP contribution is 2.39. The van der Waals surface area contributed by atoms with Crippen molar-refractivity contribution < 1.29 is 14.2 Å². The third kappa shape index (κ3) is 4.57. The minimum absolute atomic E-state index is 0.134. The maximum Gasteiger partial charge on any atom is 0.161 e. The van der Waals surface area contributed by atoms with Crippen LogP contribution in [0.15, 0.2) is 24.3 Å². The first-order valence-electron chi connectivity index (χ1n) is 11.0. The predicted octanol–water partition coefficient (Wildman–Crippen LogP) is 4.28. The van der Waals surface area contributed by atoms with Gasteiger partial charge in [-0.2, -0.15) is 0 Å². The summed E-state index contributed by atoms with van der Waals surface area (Å²) in [5.41, 5.74) is 6.33. The second-order valence-corrected chi connectivity index (χ2v) is 7.82. The monoisotopic (exact) mass is 412 g/mol. The van der Waals surface area contributed by atoms with E-state index in [0.717, 1.165) is 49.8 Å². The van der Waals surface area contributed by atoms with Crippen molar-refractivity contribution in [3.8, 4) is 17.2 Å². The maximum atomic E-state index is 6.19. The maximum absolute atomic E-state index is 6.19. The molecule has 5 nitrogen and oxygen atoms in total. The van der Waals surface area contributed by atoms with Crippen molar-refractivity contribution in [2.24, 2.45) is 0 Å². The van der Waals surface area contributed by atoms with Crippen LogP contribution in [0.4, 0.5) is 0 Å². The first-order valence-corrected chi connectivity index (χ1v) is 11.0. The molecule has 0 aromatic heterocycles. The Morgan fingerprint density at radius 1 is 0.933 bits per heavy atom. The van der Waals surface area contributed by atoms with Crippen molar-refractivity contribution in [3.63, 3.8) is 0 Å². The van der Waals surface area contributed by atoms with Gasteiger partial charge >= 0.3 is 0 Å². The van der Waals surface area contributed by atoms with E-state index in [1.165, 1.54) is 27.8 Å². The Balaban J connectivity index is 1.93. The lowest BCUT2D eigenvalue weighted by atomic mass is 9.86. The number of ether oxygens (including phenoxy) is 3. The molecule has 2 aromatic rings. The van der Waals surface area contributed by atoms with Crippen LogP contribution in [-0.2, 0) is 6.42 Å². The van der Waals surface area contributed by atoms with Crippen molar-refractivity contribution >= 4 is 0 Å². The number of likely N-dealkylation sites (N-methyl/N-ethyl adjacent to an activating group) is 1. The zero-order valence-corrected chi connectivity index (χ0v) is 19.3. The van der Waals surface area contributed by atoms with Gasteiger partial charge in [0.25, 0.3) is 0 Å². The molecule has 1 aliphatic rings. The molecule has 164 valence electrons. The van der Waals surface area contributed by atoms with E-state index in [4.69, 9.17) is 14.2 Å². The summed E-state index contributed by atoms with van der Waals surface area (Å²) in [5.74, 6) is 2.57. The molecule has 1 N–H and O–H groups in total. The second kappa shape index (κ2) is 10.2. The molecule has 5 heteroatoms. The molecule has 1 unspecified atom stereocenters. The average Bonchev–Trinajstić information content (AvgIpc) is 2.77. The highest BCUT2D eigenvalue weighted by Gasteiger charge is 2.26. The molecule has 0 saturated heterocycles. The Morgan fingerprint density at radius 2 is 1.67 bits per heavy atom. The fourth-order valence-electron chi connectivity index (χ4n) is 4.29. The van der Waals surface area contributed by atoms with Crippen LogP contribution in [-0.4, -0.2) is 51.9 Å². The number of hydrogen-bond donors (Lipinski definition) is 1. The SMILES string of the molecule is CCN(CC)CCOc1cc2c(cc1OC)CCNC2c1ccc(OC)c(C)c1C. The van der Waals surface area contributed by atoms with Crippen molar-refractivity contribution in [1.82, 2.24) is 10.2 Å². The van der Waals surface area contributed by atoms with Crippen molar-refractivity contribution in [3.05, 3.63) is 52.1 Å². The van der Waals surface area contributed by atoms with E-state index < -0.39 is 0 Å². The minimum atomic E-state index is 0.134.